The lowest BCUT2D eigenvalue weighted by atomic mass is 9.90. The first-order chi connectivity index (χ1) is 15.2. The molecule has 0 bridgehead atoms. The third-order valence-corrected chi connectivity index (χ3v) is 5.55. The van der Waals surface area contributed by atoms with Gasteiger partial charge in [-0.2, -0.15) is 0 Å². The van der Waals surface area contributed by atoms with Crippen LogP contribution in [-0.2, 0) is 0 Å². The molecule has 0 saturated heterocycles. The van der Waals surface area contributed by atoms with Gasteiger partial charge in [0.2, 0.25) is 0 Å². The molecule has 5 rings (SSSR count). The van der Waals surface area contributed by atoms with Gasteiger partial charge < -0.3 is 10.5 Å². The zero-order valence-corrected chi connectivity index (χ0v) is 17.0. The molecule has 0 aliphatic heterocycles. The minimum Gasteiger partial charge on any atom is -0.497 e. The first-order valence-electron chi connectivity index (χ1n) is 10.0. The van der Waals surface area contributed by atoms with E-state index in [1.54, 1.807) is 19.2 Å². The van der Waals surface area contributed by atoms with Gasteiger partial charge in [-0.3, -0.25) is 4.79 Å². The van der Waals surface area contributed by atoms with Gasteiger partial charge >= 0.3 is 0 Å². The second-order valence-corrected chi connectivity index (χ2v) is 7.35. The Balaban J connectivity index is 1.88. The highest BCUT2D eigenvalue weighted by Crippen LogP contribution is 2.38. The molecule has 2 N–H and O–H groups in total. The molecule has 5 aromatic rings. The van der Waals surface area contributed by atoms with Crippen LogP contribution >= 0.6 is 0 Å². The topological polar surface area (TPSA) is 65.2 Å². The summed E-state index contributed by atoms with van der Waals surface area (Å²) in [6, 6.07) is 29.0. The quantitative estimate of drug-likeness (QED) is 0.300. The van der Waals surface area contributed by atoms with Crippen LogP contribution in [0.2, 0.25) is 0 Å². The van der Waals surface area contributed by atoms with Crippen molar-refractivity contribution in [3.63, 3.8) is 0 Å². The van der Waals surface area contributed by atoms with Crippen molar-refractivity contribution in [2.24, 2.45) is 0 Å². The standard InChI is InChI=1S/C27H20N2O2/c1-31-20-14-11-18(12-15-20)23-22-16-13-17-7-5-6-10-21(17)25(22)29-27(28)24(23)26(30)19-8-3-2-4-9-19/h2-16H,1H3,(H2,28,29). The van der Waals surface area contributed by atoms with Gasteiger partial charge in [0, 0.05) is 21.9 Å². The number of ether oxygens (including phenoxy) is 1. The van der Waals surface area contributed by atoms with E-state index in [0.717, 1.165) is 38.6 Å². The maximum absolute atomic E-state index is 13.5. The van der Waals surface area contributed by atoms with Crippen molar-refractivity contribution < 1.29 is 9.53 Å². The zero-order chi connectivity index (χ0) is 21.4. The fraction of sp³-hybridized carbons (Fsp3) is 0.0370. The van der Waals surface area contributed by atoms with Crippen LogP contribution in [0.1, 0.15) is 15.9 Å². The number of pyridine rings is 1. The number of hydrogen-bond donors (Lipinski definition) is 1. The average molecular weight is 404 g/mol. The number of nitrogens with two attached hydrogens (primary N) is 1. The average Bonchev–Trinajstić information content (AvgIpc) is 2.83. The molecule has 4 heteroatoms. The summed E-state index contributed by atoms with van der Waals surface area (Å²) >= 11 is 0. The van der Waals surface area contributed by atoms with E-state index in [9.17, 15) is 4.79 Å². The van der Waals surface area contributed by atoms with Crippen molar-refractivity contribution in [2.75, 3.05) is 12.8 Å². The fourth-order valence-electron chi connectivity index (χ4n) is 4.04. The van der Waals surface area contributed by atoms with Crippen LogP contribution in [0.25, 0.3) is 32.8 Å². The van der Waals surface area contributed by atoms with Crippen LogP contribution in [0.4, 0.5) is 5.82 Å². The van der Waals surface area contributed by atoms with Gasteiger partial charge in [0.05, 0.1) is 18.2 Å². The summed E-state index contributed by atoms with van der Waals surface area (Å²) in [5, 5.41) is 2.96. The lowest BCUT2D eigenvalue weighted by Crippen LogP contribution is -2.10. The summed E-state index contributed by atoms with van der Waals surface area (Å²) in [5.74, 6) is 0.825. The van der Waals surface area contributed by atoms with Crippen molar-refractivity contribution >= 4 is 33.3 Å². The third-order valence-electron chi connectivity index (χ3n) is 5.55. The van der Waals surface area contributed by atoms with E-state index in [1.807, 2.05) is 72.8 Å². The van der Waals surface area contributed by atoms with Crippen molar-refractivity contribution in [3.05, 3.63) is 102 Å². The first-order valence-corrected chi connectivity index (χ1v) is 10.0. The van der Waals surface area contributed by atoms with Crippen molar-refractivity contribution in [2.45, 2.75) is 0 Å². The molecule has 0 unspecified atom stereocenters. The molecule has 0 aliphatic rings. The van der Waals surface area contributed by atoms with Gasteiger partial charge in [-0.05, 0) is 23.1 Å². The summed E-state index contributed by atoms with van der Waals surface area (Å²) in [6.07, 6.45) is 0. The second kappa shape index (κ2) is 7.58. The molecule has 0 aliphatic carbocycles. The molecule has 150 valence electrons. The van der Waals surface area contributed by atoms with Gasteiger partial charge in [-0.1, -0.05) is 78.9 Å². The summed E-state index contributed by atoms with van der Waals surface area (Å²) in [5.41, 5.74) is 9.89. The number of rotatable bonds is 4. The van der Waals surface area contributed by atoms with Gasteiger partial charge in [-0.15, -0.1) is 0 Å². The maximum atomic E-state index is 13.5. The Bertz CT molecular complexity index is 1430. The van der Waals surface area contributed by atoms with E-state index in [0.29, 0.717) is 11.1 Å². The van der Waals surface area contributed by atoms with Crippen molar-refractivity contribution in [1.82, 2.24) is 4.98 Å². The fourth-order valence-corrected chi connectivity index (χ4v) is 4.04. The van der Waals surface area contributed by atoms with E-state index in [1.165, 1.54) is 0 Å². The van der Waals surface area contributed by atoms with Crippen LogP contribution < -0.4 is 10.5 Å². The van der Waals surface area contributed by atoms with E-state index < -0.39 is 0 Å². The molecule has 0 atom stereocenters. The lowest BCUT2D eigenvalue weighted by molar-refractivity contribution is 0.104. The van der Waals surface area contributed by atoms with Gasteiger partial charge in [0.1, 0.15) is 11.6 Å². The predicted octanol–water partition coefficient (Wildman–Crippen LogP) is 5.88. The molecule has 4 aromatic carbocycles. The number of hydrogen-bond acceptors (Lipinski definition) is 4. The Morgan fingerprint density at radius 2 is 1.52 bits per heavy atom. The van der Waals surface area contributed by atoms with E-state index in [2.05, 4.69) is 6.07 Å². The highest BCUT2D eigenvalue weighted by molar-refractivity contribution is 6.22. The van der Waals surface area contributed by atoms with Crippen LogP contribution in [-0.4, -0.2) is 17.9 Å². The molecule has 0 radical (unpaired) electrons. The summed E-state index contributed by atoms with van der Waals surface area (Å²) in [4.78, 5) is 18.2. The Hall–Kier alpha value is -4.18. The number of ketones is 1. The molecule has 1 aromatic heterocycles. The smallest absolute Gasteiger partial charge is 0.197 e. The SMILES string of the molecule is COc1ccc(-c2c(C(=O)c3ccccc3)c(N)nc3c2ccc2ccccc23)cc1. The number of anilines is 1. The second-order valence-electron chi connectivity index (χ2n) is 7.35. The number of benzene rings is 4. The van der Waals surface area contributed by atoms with Gasteiger partial charge in [-0.25, -0.2) is 4.98 Å². The number of nitrogen functional groups attached to an aromatic ring is 1. The Morgan fingerprint density at radius 1 is 0.806 bits per heavy atom. The Morgan fingerprint density at radius 3 is 2.26 bits per heavy atom. The number of carbonyl (C=O) groups excluding carboxylic acids is 1. The minimum atomic E-state index is -0.147. The number of methoxy groups -OCH3 is 1. The third kappa shape index (κ3) is 3.19. The monoisotopic (exact) mass is 404 g/mol. The number of nitrogens with zero attached hydrogens (tertiary/aromatic N) is 1. The van der Waals surface area contributed by atoms with Crippen LogP contribution in [0.15, 0.2) is 91.0 Å². The molecular formula is C27H20N2O2. The first kappa shape index (κ1) is 18.8. The molecule has 0 spiro atoms. The molecule has 31 heavy (non-hydrogen) atoms. The Kier molecular flexibility index (Phi) is 4.60. The number of carbonyl (C=O) groups is 1. The number of fused-ring (bicyclic) bond motifs is 3. The van der Waals surface area contributed by atoms with Gasteiger partial charge in [0.15, 0.2) is 5.78 Å². The summed E-state index contributed by atoms with van der Waals surface area (Å²) in [6.45, 7) is 0. The van der Waals surface area contributed by atoms with Crippen LogP contribution in [0.5, 0.6) is 5.75 Å². The molecule has 1 heterocycles. The van der Waals surface area contributed by atoms with Gasteiger partial charge in [0.25, 0.3) is 0 Å². The van der Waals surface area contributed by atoms with E-state index >= 15 is 0 Å². The predicted molar refractivity (Wildman–Crippen MR) is 126 cm³/mol. The molecule has 4 nitrogen and oxygen atoms in total. The highest BCUT2D eigenvalue weighted by Gasteiger charge is 2.23. The minimum absolute atomic E-state index is 0.147. The van der Waals surface area contributed by atoms with Crippen LogP contribution in [0.3, 0.4) is 0 Å². The van der Waals surface area contributed by atoms with Crippen molar-refractivity contribution in [1.29, 1.82) is 0 Å². The highest BCUT2D eigenvalue weighted by atomic mass is 16.5. The zero-order valence-electron chi connectivity index (χ0n) is 17.0. The lowest BCUT2D eigenvalue weighted by Gasteiger charge is -2.16. The van der Waals surface area contributed by atoms with E-state index in [4.69, 9.17) is 15.5 Å². The summed E-state index contributed by atoms with van der Waals surface area (Å²) in [7, 11) is 1.63. The van der Waals surface area contributed by atoms with Crippen LogP contribution in [0, 0.1) is 0 Å². The molecule has 0 saturated carbocycles. The summed E-state index contributed by atoms with van der Waals surface area (Å²) < 4.78 is 5.32. The van der Waals surface area contributed by atoms with E-state index in [-0.39, 0.29) is 11.6 Å². The van der Waals surface area contributed by atoms with Crippen molar-refractivity contribution in [3.8, 4) is 16.9 Å². The maximum Gasteiger partial charge on any atom is 0.197 e. The number of aromatic nitrogens is 1. The Labute approximate surface area is 179 Å². The molecule has 0 fully saturated rings. The molecule has 0 amide bonds. The largest absolute Gasteiger partial charge is 0.497 e. The normalized spacial score (nSPS) is 11.0. The molecular weight excluding hydrogens is 384 g/mol.